The molecule has 2 aliphatic rings. The van der Waals surface area contributed by atoms with E-state index in [1.165, 1.54) is 5.69 Å². The van der Waals surface area contributed by atoms with Crippen LogP contribution in [0.25, 0.3) is 5.70 Å². The molecule has 0 radical (unpaired) electrons. The standard InChI is InChI=1S/C9H7NOS/c11-12-5-3-8-9(12)6-7-2-1-4-10(7)8/h1-5H,6H2. The molecule has 0 saturated heterocycles. The Hall–Kier alpha value is -1.09. The van der Waals surface area contributed by atoms with Gasteiger partial charge in [0.1, 0.15) is 0 Å². The molecule has 1 aromatic heterocycles. The topological polar surface area (TPSA) is 22.0 Å². The van der Waals surface area contributed by atoms with Crippen molar-refractivity contribution in [3.63, 3.8) is 0 Å². The number of hydrogen-bond acceptors (Lipinski definition) is 1. The third kappa shape index (κ3) is 0.623. The monoisotopic (exact) mass is 177 g/mol. The van der Waals surface area contributed by atoms with E-state index in [2.05, 4.69) is 10.6 Å². The third-order valence-corrected chi connectivity index (χ3v) is 3.53. The van der Waals surface area contributed by atoms with Crippen LogP contribution < -0.4 is 0 Å². The summed E-state index contributed by atoms with van der Waals surface area (Å²) < 4.78 is 13.5. The maximum atomic E-state index is 11.4. The summed E-state index contributed by atoms with van der Waals surface area (Å²) in [5.41, 5.74) is 2.37. The largest absolute Gasteiger partial charge is 0.320 e. The Morgan fingerprint density at radius 2 is 2.42 bits per heavy atom. The van der Waals surface area contributed by atoms with Crippen molar-refractivity contribution in [3.8, 4) is 0 Å². The van der Waals surface area contributed by atoms with Crippen molar-refractivity contribution >= 4 is 16.5 Å². The molecule has 1 atom stereocenters. The van der Waals surface area contributed by atoms with Gasteiger partial charge in [-0.15, -0.1) is 0 Å². The van der Waals surface area contributed by atoms with Crippen molar-refractivity contribution in [2.75, 3.05) is 0 Å². The number of rotatable bonds is 0. The summed E-state index contributed by atoms with van der Waals surface area (Å²) in [5.74, 6) is 0. The molecule has 12 heavy (non-hydrogen) atoms. The van der Waals surface area contributed by atoms with Gasteiger partial charge in [0.25, 0.3) is 0 Å². The van der Waals surface area contributed by atoms with Crippen LogP contribution in [0.1, 0.15) is 5.69 Å². The first-order chi connectivity index (χ1) is 5.86. The fourth-order valence-corrected chi connectivity index (χ4v) is 2.82. The maximum Gasteiger partial charge on any atom is 0.0760 e. The van der Waals surface area contributed by atoms with Gasteiger partial charge in [0, 0.05) is 23.7 Å². The van der Waals surface area contributed by atoms with E-state index in [9.17, 15) is 4.21 Å². The van der Waals surface area contributed by atoms with Crippen LogP contribution in [0.15, 0.2) is 34.7 Å². The maximum absolute atomic E-state index is 11.4. The number of hydrogen-bond donors (Lipinski definition) is 0. The van der Waals surface area contributed by atoms with Gasteiger partial charge >= 0.3 is 0 Å². The average molecular weight is 177 g/mol. The van der Waals surface area contributed by atoms with Crippen molar-refractivity contribution in [1.82, 2.24) is 4.57 Å². The SMILES string of the molecule is O=S1C=CC2=C1Cc1cccn12. The van der Waals surface area contributed by atoms with E-state index in [-0.39, 0.29) is 0 Å². The first-order valence-corrected chi connectivity index (χ1v) is 5.06. The summed E-state index contributed by atoms with van der Waals surface area (Å²) in [5, 5.41) is 1.76. The van der Waals surface area contributed by atoms with E-state index in [1.54, 1.807) is 5.41 Å². The third-order valence-electron chi connectivity index (χ3n) is 2.31. The van der Waals surface area contributed by atoms with Crippen LogP contribution in [0.2, 0.25) is 0 Å². The summed E-state index contributed by atoms with van der Waals surface area (Å²) in [6.07, 6.45) is 4.81. The molecule has 1 unspecified atom stereocenters. The van der Waals surface area contributed by atoms with Crippen LogP contribution >= 0.6 is 0 Å². The minimum atomic E-state index is -0.855. The van der Waals surface area contributed by atoms with Crippen LogP contribution in [0, 0.1) is 0 Å². The second-order valence-electron chi connectivity index (χ2n) is 2.95. The van der Waals surface area contributed by atoms with Crippen LogP contribution in [-0.2, 0) is 17.2 Å². The second-order valence-corrected chi connectivity index (χ2v) is 4.31. The average Bonchev–Trinajstić information content (AvgIpc) is 2.63. The van der Waals surface area contributed by atoms with Crippen LogP contribution in [-0.4, -0.2) is 8.78 Å². The lowest BCUT2D eigenvalue weighted by atomic mass is 10.3. The Morgan fingerprint density at radius 3 is 3.33 bits per heavy atom. The van der Waals surface area contributed by atoms with Gasteiger partial charge in [-0.3, -0.25) is 0 Å². The fraction of sp³-hybridized carbons (Fsp3) is 0.111. The molecule has 0 aliphatic carbocycles. The van der Waals surface area contributed by atoms with E-state index in [4.69, 9.17) is 0 Å². The quantitative estimate of drug-likeness (QED) is 0.588. The van der Waals surface area contributed by atoms with Crippen molar-refractivity contribution < 1.29 is 4.21 Å². The molecule has 0 spiro atoms. The van der Waals surface area contributed by atoms with E-state index >= 15 is 0 Å². The molecule has 2 aliphatic heterocycles. The Balaban J connectivity index is 2.27. The molecule has 1 aromatic rings. The van der Waals surface area contributed by atoms with E-state index in [0.717, 1.165) is 17.0 Å². The lowest BCUT2D eigenvalue weighted by Gasteiger charge is -1.97. The molecule has 0 fully saturated rings. The molecular formula is C9H7NOS. The molecule has 0 aromatic carbocycles. The highest BCUT2D eigenvalue weighted by molar-refractivity contribution is 7.92. The lowest BCUT2D eigenvalue weighted by Crippen LogP contribution is -1.89. The lowest BCUT2D eigenvalue weighted by molar-refractivity contribution is 0.691. The summed E-state index contributed by atoms with van der Waals surface area (Å²) in [7, 11) is -0.855. The van der Waals surface area contributed by atoms with E-state index < -0.39 is 10.8 Å². The zero-order valence-electron chi connectivity index (χ0n) is 6.36. The van der Waals surface area contributed by atoms with Crippen molar-refractivity contribution in [2.24, 2.45) is 0 Å². The van der Waals surface area contributed by atoms with Crippen LogP contribution in [0.3, 0.4) is 0 Å². The highest BCUT2D eigenvalue weighted by Gasteiger charge is 2.25. The minimum absolute atomic E-state index is 0.849. The molecule has 3 heterocycles. The van der Waals surface area contributed by atoms with Crippen LogP contribution in [0.4, 0.5) is 0 Å². The second kappa shape index (κ2) is 1.98. The molecule has 3 rings (SSSR count). The first-order valence-electron chi connectivity index (χ1n) is 3.85. The smallest absolute Gasteiger partial charge is 0.0760 e. The Bertz CT molecular complexity index is 439. The normalized spacial score (nSPS) is 24.8. The Labute approximate surface area is 72.7 Å². The van der Waals surface area contributed by atoms with Crippen molar-refractivity contribution in [3.05, 3.63) is 40.4 Å². The zero-order valence-corrected chi connectivity index (χ0v) is 7.17. The van der Waals surface area contributed by atoms with Gasteiger partial charge in [0.15, 0.2) is 0 Å². The van der Waals surface area contributed by atoms with Gasteiger partial charge in [-0.25, -0.2) is 4.21 Å². The highest BCUT2D eigenvalue weighted by Crippen LogP contribution is 2.33. The number of aromatic nitrogens is 1. The van der Waals surface area contributed by atoms with Crippen LogP contribution in [0.5, 0.6) is 0 Å². The minimum Gasteiger partial charge on any atom is -0.320 e. The van der Waals surface area contributed by atoms with Gasteiger partial charge < -0.3 is 4.57 Å². The number of fused-ring (bicyclic) bond motifs is 2. The predicted molar refractivity (Wildman–Crippen MR) is 48.6 cm³/mol. The molecule has 0 saturated carbocycles. The van der Waals surface area contributed by atoms with Gasteiger partial charge in [0.2, 0.25) is 0 Å². The van der Waals surface area contributed by atoms with Crippen molar-refractivity contribution in [2.45, 2.75) is 6.42 Å². The molecular weight excluding hydrogens is 170 g/mol. The predicted octanol–water partition coefficient (Wildman–Crippen LogP) is 1.49. The zero-order chi connectivity index (χ0) is 8.13. The summed E-state index contributed by atoms with van der Waals surface area (Å²) in [6.45, 7) is 0. The summed E-state index contributed by atoms with van der Waals surface area (Å²) >= 11 is 0. The van der Waals surface area contributed by atoms with E-state index in [1.807, 2.05) is 18.3 Å². The molecule has 3 heteroatoms. The highest BCUT2D eigenvalue weighted by atomic mass is 32.2. The molecule has 60 valence electrons. The van der Waals surface area contributed by atoms with Gasteiger partial charge in [-0.2, -0.15) is 0 Å². The van der Waals surface area contributed by atoms with Gasteiger partial charge in [-0.05, 0) is 18.2 Å². The number of nitrogens with zero attached hydrogens (tertiary/aromatic N) is 1. The summed E-state index contributed by atoms with van der Waals surface area (Å²) in [4.78, 5) is 1.06. The molecule has 0 N–H and O–H groups in total. The van der Waals surface area contributed by atoms with Gasteiger partial charge in [-0.1, -0.05) is 0 Å². The summed E-state index contributed by atoms with van der Waals surface area (Å²) in [6, 6.07) is 4.09. The van der Waals surface area contributed by atoms with Crippen molar-refractivity contribution in [1.29, 1.82) is 0 Å². The first kappa shape index (κ1) is 6.43. The molecule has 0 amide bonds. The molecule has 2 nitrogen and oxygen atoms in total. The fourth-order valence-electron chi connectivity index (χ4n) is 1.74. The number of allylic oxidation sites excluding steroid dienone is 3. The van der Waals surface area contributed by atoms with E-state index in [0.29, 0.717) is 0 Å². The Kier molecular flexibility index (Phi) is 1.06. The van der Waals surface area contributed by atoms with Gasteiger partial charge in [0.05, 0.1) is 21.4 Å². The molecule has 0 bridgehead atoms. The Morgan fingerprint density at radius 1 is 1.50 bits per heavy atom.